The molecule has 2 N–H and O–H groups in total. The number of aliphatic imine (C=N–C) groups is 1. The average Bonchev–Trinajstić information content (AvgIpc) is 3.08. The zero-order valence-electron chi connectivity index (χ0n) is 16.4. The quantitative estimate of drug-likeness (QED) is 0.370. The molecule has 0 bridgehead atoms. The van der Waals surface area contributed by atoms with Gasteiger partial charge >= 0.3 is 0 Å². The molecule has 1 aliphatic heterocycles. The number of guanidine groups is 1. The summed E-state index contributed by atoms with van der Waals surface area (Å²) >= 11 is 1.87. The van der Waals surface area contributed by atoms with E-state index in [0.29, 0.717) is 6.04 Å². The van der Waals surface area contributed by atoms with Gasteiger partial charge < -0.3 is 20.1 Å². The van der Waals surface area contributed by atoms with E-state index in [1.807, 2.05) is 18.3 Å². The molecule has 1 atom stereocenters. The molecular formula is C19H34N4O2S. The smallest absolute Gasteiger partial charge is 0.191 e. The summed E-state index contributed by atoms with van der Waals surface area (Å²) in [6.07, 6.45) is 0.981. The molecule has 0 saturated carbocycles. The number of nitrogens with zero attached hydrogens (tertiary/aromatic N) is 2. The molecule has 0 aromatic carbocycles. The van der Waals surface area contributed by atoms with Crippen LogP contribution in [-0.4, -0.2) is 70.0 Å². The predicted molar refractivity (Wildman–Crippen MR) is 109 cm³/mol. The van der Waals surface area contributed by atoms with Gasteiger partial charge in [-0.05, 0) is 39.3 Å². The Morgan fingerprint density at radius 3 is 2.77 bits per heavy atom. The molecule has 0 aliphatic carbocycles. The summed E-state index contributed by atoms with van der Waals surface area (Å²) < 4.78 is 10.9. The zero-order valence-corrected chi connectivity index (χ0v) is 17.2. The lowest BCUT2D eigenvalue weighted by atomic mass is 10.2. The van der Waals surface area contributed by atoms with Gasteiger partial charge in [0.15, 0.2) is 5.96 Å². The number of morpholine rings is 1. The van der Waals surface area contributed by atoms with Crippen molar-refractivity contribution in [2.45, 2.75) is 33.2 Å². The summed E-state index contributed by atoms with van der Waals surface area (Å²) in [5, 5.41) is 6.76. The lowest BCUT2D eigenvalue weighted by Gasteiger charge is -2.33. The fraction of sp³-hybridized carbons (Fsp3) is 0.737. The number of ether oxygens (including phenoxy) is 2. The molecule has 1 aromatic heterocycles. The molecule has 1 unspecified atom stereocenters. The Bertz CT molecular complexity index is 529. The van der Waals surface area contributed by atoms with Gasteiger partial charge in [0.25, 0.3) is 0 Å². The lowest BCUT2D eigenvalue weighted by molar-refractivity contribution is 0.0186. The van der Waals surface area contributed by atoms with Crippen molar-refractivity contribution in [3.05, 3.63) is 21.9 Å². The fourth-order valence-electron chi connectivity index (χ4n) is 2.95. The highest BCUT2D eigenvalue weighted by Crippen LogP contribution is 2.28. The Balaban J connectivity index is 1.97. The monoisotopic (exact) mass is 382 g/mol. The van der Waals surface area contributed by atoms with Crippen molar-refractivity contribution in [3.8, 4) is 0 Å². The van der Waals surface area contributed by atoms with Gasteiger partial charge in [0.1, 0.15) is 0 Å². The van der Waals surface area contributed by atoms with Gasteiger partial charge in [-0.15, -0.1) is 11.3 Å². The van der Waals surface area contributed by atoms with Gasteiger partial charge in [-0.25, -0.2) is 0 Å². The summed E-state index contributed by atoms with van der Waals surface area (Å²) in [6, 6.07) is 4.77. The van der Waals surface area contributed by atoms with E-state index in [-0.39, 0.29) is 0 Å². The summed E-state index contributed by atoms with van der Waals surface area (Å²) in [4.78, 5) is 10.1. The number of hydrogen-bond acceptors (Lipinski definition) is 5. The first-order valence-electron chi connectivity index (χ1n) is 9.72. The van der Waals surface area contributed by atoms with Crippen molar-refractivity contribution < 1.29 is 9.47 Å². The second-order valence-corrected chi connectivity index (χ2v) is 7.63. The number of hydrogen-bond donors (Lipinski definition) is 2. The van der Waals surface area contributed by atoms with Crippen LogP contribution < -0.4 is 10.6 Å². The SMILES string of the molecule is CCNC(=NCC(c1ccc(C)s1)N1CCOCC1)NCCCOCC. The van der Waals surface area contributed by atoms with Crippen molar-refractivity contribution in [2.75, 3.05) is 59.2 Å². The minimum absolute atomic E-state index is 0.316. The van der Waals surface area contributed by atoms with E-state index >= 15 is 0 Å². The molecule has 0 amide bonds. The third-order valence-electron chi connectivity index (χ3n) is 4.30. The van der Waals surface area contributed by atoms with Crippen LogP contribution in [0.4, 0.5) is 0 Å². The van der Waals surface area contributed by atoms with Crippen molar-refractivity contribution in [3.63, 3.8) is 0 Å². The van der Waals surface area contributed by atoms with Crippen molar-refractivity contribution in [1.29, 1.82) is 0 Å². The molecule has 0 spiro atoms. The van der Waals surface area contributed by atoms with Crippen LogP contribution in [0.3, 0.4) is 0 Å². The van der Waals surface area contributed by atoms with Gasteiger partial charge in [0.05, 0.1) is 25.8 Å². The summed E-state index contributed by atoms with van der Waals surface area (Å²) in [5.74, 6) is 0.885. The van der Waals surface area contributed by atoms with Crippen molar-refractivity contribution in [2.24, 2.45) is 4.99 Å². The van der Waals surface area contributed by atoms with Crippen LogP contribution in [0.5, 0.6) is 0 Å². The number of rotatable bonds is 10. The zero-order chi connectivity index (χ0) is 18.6. The Hall–Kier alpha value is -1.15. The molecule has 1 saturated heterocycles. The molecule has 148 valence electrons. The topological polar surface area (TPSA) is 58.1 Å². The van der Waals surface area contributed by atoms with Gasteiger partial charge in [-0.2, -0.15) is 0 Å². The van der Waals surface area contributed by atoms with Gasteiger partial charge in [-0.3, -0.25) is 9.89 Å². The third kappa shape index (κ3) is 7.23. The molecular weight excluding hydrogens is 348 g/mol. The molecule has 1 fully saturated rings. The van der Waals surface area contributed by atoms with Crippen LogP contribution in [0.1, 0.15) is 36.1 Å². The van der Waals surface area contributed by atoms with Crippen LogP contribution in [0.15, 0.2) is 17.1 Å². The molecule has 0 radical (unpaired) electrons. The van der Waals surface area contributed by atoms with Gasteiger partial charge in [0, 0.05) is 49.1 Å². The molecule has 2 rings (SSSR count). The van der Waals surface area contributed by atoms with Crippen LogP contribution in [-0.2, 0) is 9.47 Å². The van der Waals surface area contributed by atoms with Crippen LogP contribution in [0, 0.1) is 6.92 Å². The molecule has 7 heteroatoms. The fourth-order valence-corrected chi connectivity index (χ4v) is 3.96. The van der Waals surface area contributed by atoms with Gasteiger partial charge in [-0.1, -0.05) is 0 Å². The largest absolute Gasteiger partial charge is 0.382 e. The van der Waals surface area contributed by atoms with E-state index in [1.165, 1.54) is 9.75 Å². The molecule has 2 heterocycles. The van der Waals surface area contributed by atoms with Crippen LogP contribution in [0.2, 0.25) is 0 Å². The van der Waals surface area contributed by atoms with Gasteiger partial charge in [0.2, 0.25) is 0 Å². The van der Waals surface area contributed by atoms with Crippen LogP contribution in [0.25, 0.3) is 0 Å². The Kier molecular flexibility index (Phi) is 9.99. The average molecular weight is 383 g/mol. The number of aryl methyl sites for hydroxylation is 1. The minimum Gasteiger partial charge on any atom is -0.382 e. The maximum absolute atomic E-state index is 5.53. The highest BCUT2D eigenvalue weighted by molar-refractivity contribution is 7.12. The Labute approximate surface area is 162 Å². The van der Waals surface area contributed by atoms with E-state index in [9.17, 15) is 0 Å². The second-order valence-electron chi connectivity index (χ2n) is 6.31. The highest BCUT2D eigenvalue weighted by Gasteiger charge is 2.23. The summed E-state index contributed by atoms with van der Waals surface area (Å²) in [6.45, 7) is 13.9. The van der Waals surface area contributed by atoms with E-state index in [0.717, 1.165) is 71.5 Å². The van der Waals surface area contributed by atoms with E-state index in [2.05, 4.69) is 41.5 Å². The predicted octanol–water partition coefficient (Wildman–Crippen LogP) is 2.41. The van der Waals surface area contributed by atoms with Crippen molar-refractivity contribution in [1.82, 2.24) is 15.5 Å². The summed E-state index contributed by atoms with van der Waals surface area (Å²) in [5.41, 5.74) is 0. The maximum Gasteiger partial charge on any atom is 0.191 e. The lowest BCUT2D eigenvalue weighted by Crippen LogP contribution is -2.41. The molecule has 6 nitrogen and oxygen atoms in total. The Morgan fingerprint density at radius 2 is 2.12 bits per heavy atom. The third-order valence-corrected chi connectivity index (χ3v) is 5.41. The van der Waals surface area contributed by atoms with E-state index < -0.39 is 0 Å². The number of nitrogens with one attached hydrogen (secondary N) is 2. The molecule has 1 aromatic rings. The Morgan fingerprint density at radius 1 is 1.31 bits per heavy atom. The highest BCUT2D eigenvalue weighted by atomic mass is 32.1. The number of thiophene rings is 1. The minimum atomic E-state index is 0.316. The first-order chi connectivity index (χ1) is 12.7. The van der Waals surface area contributed by atoms with E-state index in [4.69, 9.17) is 14.5 Å². The first-order valence-corrected chi connectivity index (χ1v) is 10.5. The first kappa shape index (κ1) is 21.2. The molecule has 1 aliphatic rings. The standard InChI is InChI=1S/C19H34N4O2S/c1-4-20-19(21-9-6-12-24-5-2)22-15-17(18-8-7-16(3)26-18)23-10-13-25-14-11-23/h7-8,17H,4-6,9-15H2,1-3H3,(H2,20,21,22). The van der Waals surface area contributed by atoms with E-state index in [1.54, 1.807) is 0 Å². The molecule has 26 heavy (non-hydrogen) atoms. The second kappa shape index (κ2) is 12.3. The maximum atomic E-state index is 5.53. The van der Waals surface area contributed by atoms with Crippen molar-refractivity contribution >= 4 is 17.3 Å². The summed E-state index contributed by atoms with van der Waals surface area (Å²) in [7, 11) is 0. The van der Waals surface area contributed by atoms with Crippen LogP contribution >= 0.6 is 11.3 Å². The normalized spacial score (nSPS) is 17.3.